The van der Waals surface area contributed by atoms with Gasteiger partial charge in [0.1, 0.15) is 12.1 Å². The first-order chi connectivity index (χ1) is 12.6. The Kier molecular flexibility index (Phi) is 8.45. The van der Waals surface area contributed by atoms with Crippen LogP contribution in [0.1, 0.15) is 32.1 Å². The maximum absolute atomic E-state index is 12.5. The van der Waals surface area contributed by atoms with Crippen molar-refractivity contribution in [2.75, 3.05) is 13.1 Å². The summed E-state index contributed by atoms with van der Waals surface area (Å²) in [6, 6.07) is -3.11. The van der Waals surface area contributed by atoms with E-state index in [0.29, 0.717) is 38.8 Å². The van der Waals surface area contributed by atoms with Gasteiger partial charge >= 0.3 is 5.97 Å². The van der Waals surface area contributed by atoms with E-state index in [-0.39, 0.29) is 5.96 Å². The topological polar surface area (TPSA) is 220 Å². The Morgan fingerprint density at radius 2 is 1.89 bits per heavy atom. The smallest absolute Gasteiger partial charge is 0.326 e. The van der Waals surface area contributed by atoms with Crippen LogP contribution in [0.2, 0.25) is 0 Å². The molecule has 0 bridgehead atoms. The maximum Gasteiger partial charge on any atom is 0.326 e. The first kappa shape index (κ1) is 22.2. The van der Waals surface area contributed by atoms with Crippen LogP contribution in [0.5, 0.6) is 0 Å². The van der Waals surface area contributed by atoms with E-state index in [1.807, 2.05) is 0 Å². The van der Waals surface area contributed by atoms with Crippen molar-refractivity contribution < 1.29 is 24.3 Å². The van der Waals surface area contributed by atoms with Crippen molar-refractivity contribution in [3.8, 4) is 0 Å². The standard InChI is InChI=1S/C15H27N7O5/c16-8(3-1-5-20-15(18)19)13(25)22-6-2-4-10(22)12(24)21-9(14(26)27)7-11(17)23/h8-10H,1-7,16H2,(H2,17,23)(H,21,24)(H,26,27)(H4,18,19,20). The zero-order chi connectivity index (χ0) is 20.6. The van der Waals surface area contributed by atoms with Crippen LogP contribution in [0, 0.1) is 0 Å². The summed E-state index contributed by atoms with van der Waals surface area (Å²) in [6.45, 7) is 0.673. The number of nitrogens with one attached hydrogen (secondary N) is 1. The van der Waals surface area contributed by atoms with Gasteiger partial charge in [0, 0.05) is 13.1 Å². The first-order valence-electron chi connectivity index (χ1n) is 8.56. The molecule has 1 rings (SSSR count). The second-order valence-electron chi connectivity index (χ2n) is 6.31. The number of amides is 3. The van der Waals surface area contributed by atoms with Crippen molar-refractivity contribution in [2.45, 2.75) is 50.2 Å². The van der Waals surface area contributed by atoms with Crippen LogP contribution in [0.15, 0.2) is 4.99 Å². The molecule has 3 amide bonds. The van der Waals surface area contributed by atoms with E-state index in [1.165, 1.54) is 4.90 Å². The number of nitrogens with two attached hydrogens (primary N) is 4. The first-order valence-corrected chi connectivity index (χ1v) is 8.56. The Balaban J connectivity index is 2.66. The lowest BCUT2D eigenvalue weighted by atomic mass is 10.1. The van der Waals surface area contributed by atoms with Gasteiger partial charge in [-0.1, -0.05) is 0 Å². The number of guanidine groups is 1. The van der Waals surface area contributed by atoms with Gasteiger partial charge in [-0.15, -0.1) is 0 Å². The number of carboxylic acid groups (broad SMARTS) is 1. The van der Waals surface area contributed by atoms with Gasteiger partial charge in [0.25, 0.3) is 0 Å². The highest BCUT2D eigenvalue weighted by atomic mass is 16.4. The van der Waals surface area contributed by atoms with Crippen LogP contribution in [-0.2, 0) is 19.2 Å². The number of rotatable bonds is 10. The van der Waals surface area contributed by atoms with Crippen LogP contribution in [0.25, 0.3) is 0 Å². The molecule has 0 aromatic rings. The summed E-state index contributed by atoms with van der Waals surface area (Å²) in [7, 11) is 0. The maximum atomic E-state index is 12.5. The van der Waals surface area contributed by atoms with E-state index in [1.54, 1.807) is 0 Å². The lowest BCUT2D eigenvalue weighted by molar-refractivity contribution is -0.145. The molecular weight excluding hydrogens is 358 g/mol. The molecule has 1 fully saturated rings. The molecule has 1 aliphatic rings. The molecular formula is C15H27N7O5. The molecule has 0 spiro atoms. The molecule has 1 aliphatic heterocycles. The molecule has 27 heavy (non-hydrogen) atoms. The van der Waals surface area contributed by atoms with Crippen LogP contribution in [-0.4, -0.2) is 70.9 Å². The number of hydrogen-bond acceptors (Lipinski definition) is 6. The summed E-state index contributed by atoms with van der Waals surface area (Å²) in [5.41, 5.74) is 21.3. The van der Waals surface area contributed by atoms with E-state index in [9.17, 15) is 19.2 Å². The highest BCUT2D eigenvalue weighted by Gasteiger charge is 2.37. The number of carbonyl (C=O) groups excluding carboxylic acids is 3. The highest BCUT2D eigenvalue weighted by molar-refractivity contribution is 5.93. The molecule has 12 heteroatoms. The van der Waals surface area contributed by atoms with Gasteiger partial charge < -0.3 is 38.3 Å². The fourth-order valence-electron chi connectivity index (χ4n) is 2.83. The summed E-state index contributed by atoms with van der Waals surface area (Å²) in [6.07, 6.45) is 1.25. The Bertz CT molecular complexity index is 605. The van der Waals surface area contributed by atoms with Gasteiger partial charge in [0.2, 0.25) is 17.7 Å². The SMILES string of the molecule is NC(=O)CC(NC(=O)C1CCCN1C(=O)C(N)CCCN=C(N)N)C(=O)O. The van der Waals surface area contributed by atoms with E-state index in [2.05, 4.69) is 10.3 Å². The third-order valence-corrected chi connectivity index (χ3v) is 4.14. The number of aliphatic imine (C=N–C) groups is 1. The van der Waals surface area contributed by atoms with Crippen molar-refractivity contribution in [3.63, 3.8) is 0 Å². The molecule has 0 aromatic heterocycles. The van der Waals surface area contributed by atoms with E-state index in [4.69, 9.17) is 28.0 Å². The minimum absolute atomic E-state index is 0.0462. The number of nitrogens with zero attached hydrogens (tertiary/aromatic N) is 2. The van der Waals surface area contributed by atoms with Crippen LogP contribution < -0.4 is 28.3 Å². The van der Waals surface area contributed by atoms with E-state index in [0.717, 1.165) is 0 Å². The lowest BCUT2D eigenvalue weighted by Crippen LogP contribution is -2.54. The monoisotopic (exact) mass is 385 g/mol. The minimum Gasteiger partial charge on any atom is -0.480 e. The Morgan fingerprint density at radius 3 is 2.44 bits per heavy atom. The fraction of sp³-hybridized carbons (Fsp3) is 0.667. The number of carbonyl (C=O) groups is 4. The Hall–Kier alpha value is -2.89. The lowest BCUT2D eigenvalue weighted by Gasteiger charge is -2.27. The van der Waals surface area contributed by atoms with Gasteiger partial charge in [-0.25, -0.2) is 4.79 Å². The normalized spacial score (nSPS) is 18.4. The van der Waals surface area contributed by atoms with E-state index >= 15 is 0 Å². The minimum atomic E-state index is -1.44. The molecule has 0 aromatic carbocycles. The molecule has 12 nitrogen and oxygen atoms in total. The number of likely N-dealkylation sites (tertiary alicyclic amines) is 1. The van der Waals surface area contributed by atoms with Gasteiger partial charge in [-0.2, -0.15) is 0 Å². The number of carboxylic acids is 1. The van der Waals surface area contributed by atoms with Crippen molar-refractivity contribution >= 4 is 29.7 Å². The summed E-state index contributed by atoms with van der Waals surface area (Å²) in [4.78, 5) is 52.2. The second-order valence-corrected chi connectivity index (χ2v) is 6.31. The predicted molar refractivity (Wildman–Crippen MR) is 96.0 cm³/mol. The number of hydrogen-bond donors (Lipinski definition) is 6. The zero-order valence-corrected chi connectivity index (χ0v) is 15.0. The van der Waals surface area contributed by atoms with Crippen LogP contribution in [0.4, 0.5) is 0 Å². The zero-order valence-electron chi connectivity index (χ0n) is 15.0. The van der Waals surface area contributed by atoms with Crippen molar-refractivity contribution in [2.24, 2.45) is 27.9 Å². The third kappa shape index (κ3) is 7.09. The fourth-order valence-corrected chi connectivity index (χ4v) is 2.83. The molecule has 1 saturated heterocycles. The predicted octanol–water partition coefficient (Wildman–Crippen LogP) is -3.20. The quantitative estimate of drug-likeness (QED) is 0.127. The van der Waals surface area contributed by atoms with E-state index < -0.39 is 48.2 Å². The largest absolute Gasteiger partial charge is 0.480 e. The van der Waals surface area contributed by atoms with Crippen LogP contribution in [0.3, 0.4) is 0 Å². The summed E-state index contributed by atoms with van der Waals surface area (Å²) >= 11 is 0. The van der Waals surface area contributed by atoms with Crippen molar-refractivity contribution in [3.05, 3.63) is 0 Å². The van der Waals surface area contributed by atoms with Crippen molar-refractivity contribution in [1.82, 2.24) is 10.2 Å². The van der Waals surface area contributed by atoms with Crippen LogP contribution >= 0.6 is 0 Å². The molecule has 152 valence electrons. The summed E-state index contributed by atoms with van der Waals surface area (Å²) in [5, 5.41) is 11.3. The molecule has 10 N–H and O–H groups in total. The summed E-state index contributed by atoms with van der Waals surface area (Å²) < 4.78 is 0. The summed E-state index contributed by atoms with van der Waals surface area (Å²) in [5.74, 6) is -3.34. The Morgan fingerprint density at radius 1 is 1.22 bits per heavy atom. The molecule has 1 heterocycles. The molecule has 3 unspecified atom stereocenters. The number of aliphatic carboxylic acids is 1. The molecule has 0 aliphatic carbocycles. The average molecular weight is 385 g/mol. The van der Waals surface area contributed by atoms with Crippen molar-refractivity contribution in [1.29, 1.82) is 0 Å². The Labute approximate surface area is 156 Å². The van der Waals surface area contributed by atoms with Gasteiger partial charge in [0.05, 0.1) is 12.5 Å². The van der Waals surface area contributed by atoms with Gasteiger partial charge in [-0.3, -0.25) is 19.4 Å². The average Bonchev–Trinajstić information content (AvgIpc) is 3.06. The van der Waals surface area contributed by atoms with Gasteiger partial charge in [0.15, 0.2) is 5.96 Å². The molecule has 0 saturated carbocycles. The molecule has 0 radical (unpaired) electrons. The molecule has 3 atom stereocenters. The van der Waals surface area contributed by atoms with Gasteiger partial charge in [-0.05, 0) is 25.7 Å². The second kappa shape index (κ2) is 10.3. The number of primary amides is 1. The highest BCUT2D eigenvalue weighted by Crippen LogP contribution is 2.19. The third-order valence-electron chi connectivity index (χ3n) is 4.14.